The Morgan fingerprint density at radius 1 is 1.50 bits per heavy atom. The smallest absolute Gasteiger partial charge is 0.213 e. The van der Waals surface area contributed by atoms with Crippen LogP contribution in [0.1, 0.15) is 26.2 Å². The summed E-state index contributed by atoms with van der Waals surface area (Å²) in [5.41, 5.74) is 5.15. The summed E-state index contributed by atoms with van der Waals surface area (Å²) >= 11 is 0. The molecule has 0 aromatic carbocycles. The molecule has 0 heterocycles. The first-order valence-corrected chi connectivity index (χ1v) is 6.28. The first kappa shape index (κ1) is 13.4. The van der Waals surface area contributed by atoms with Crippen molar-refractivity contribution in [2.75, 3.05) is 19.3 Å². The number of nitrogens with two attached hydrogens (primary N) is 1. The lowest BCUT2D eigenvalue weighted by Crippen LogP contribution is -2.32. The highest BCUT2D eigenvalue weighted by molar-refractivity contribution is 7.89. The molecule has 0 aliphatic carbocycles. The lowest BCUT2D eigenvalue weighted by atomic mass is 10.4. The van der Waals surface area contributed by atoms with Gasteiger partial charge in [-0.3, -0.25) is 5.41 Å². The molecule has 6 heteroatoms. The first-order valence-electron chi connectivity index (χ1n) is 4.67. The molecule has 84 valence electrons. The maximum absolute atomic E-state index is 11.5. The molecule has 0 amide bonds. The summed E-state index contributed by atoms with van der Waals surface area (Å²) in [5.74, 6) is 0.195. The van der Waals surface area contributed by atoms with Gasteiger partial charge in [-0.1, -0.05) is 13.3 Å². The van der Waals surface area contributed by atoms with Gasteiger partial charge in [0.2, 0.25) is 10.0 Å². The van der Waals surface area contributed by atoms with Gasteiger partial charge in [0.05, 0.1) is 11.6 Å². The second kappa shape index (κ2) is 5.98. The van der Waals surface area contributed by atoms with E-state index in [1.165, 1.54) is 11.4 Å². The summed E-state index contributed by atoms with van der Waals surface area (Å²) in [6.45, 7) is 2.24. The van der Waals surface area contributed by atoms with Gasteiger partial charge in [-0.25, -0.2) is 12.7 Å². The molecule has 0 spiro atoms. The summed E-state index contributed by atoms with van der Waals surface area (Å²) in [6.07, 6.45) is 1.83. The van der Waals surface area contributed by atoms with Crippen LogP contribution in [0.5, 0.6) is 0 Å². The summed E-state index contributed by atoms with van der Waals surface area (Å²) < 4.78 is 24.3. The zero-order valence-corrected chi connectivity index (χ0v) is 9.60. The Morgan fingerprint density at radius 3 is 2.50 bits per heavy atom. The fourth-order valence-corrected chi connectivity index (χ4v) is 2.23. The number of hydrogen-bond donors (Lipinski definition) is 2. The van der Waals surface area contributed by atoms with Gasteiger partial charge in [0, 0.05) is 20.0 Å². The van der Waals surface area contributed by atoms with E-state index in [4.69, 9.17) is 11.1 Å². The molecule has 0 aliphatic rings. The average molecular weight is 221 g/mol. The Morgan fingerprint density at radius 2 is 2.07 bits per heavy atom. The van der Waals surface area contributed by atoms with Gasteiger partial charge in [0.1, 0.15) is 0 Å². The summed E-state index contributed by atoms with van der Waals surface area (Å²) in [4.78, 5) is 0. The lowest BCUT2D eigenvalue weighted by Gasteiger charge is -2.16. The van der Waals surface area contributed by atoms with E-state index in [2.05, 4.69) is 0 Å². The van der Waals surface area contributed by atoms with Crippen molar-refractivity contribution in [2.24, 2.45) is 5.73 Å². The van der Waals surface area contributed by atoms with Crippen LogP contribution in [0.2, 0.25) is 0 Å². The fourth-order valence-electron chi connectivity index (χ4n) is 0.900. The van der Waals surface area contributed by atoms with Crippen LogP contribution in [-0.4, -0.2) is 37.9 Å². The highest BCUT2D eigenvalue weighted by atomic mass is 32.2. The molecule has 0 fully saturated rings. The Labute approximate surface area is 85.8 Å². The molecule has 0 rings (SSSR count). The largest absolute Gasteiger partial charge is 0.388 e. The van der Waals surface area contributed by atoms with Crippen molar-refractivity contribution < 1.29 is 8.42 Å². The molecule has 0 saturated carbocycles. The SMILES string of the molecule is CCCCS(=O)(=O)N(C)CCC(=N)N. The first-order chi connectivity index (χ1) is 6.40. The van der Waals surface area contributed by atoms with Crippen LogP contribution in [0.25, 0.3) is 0 Å². The van der Waals surface area contributed by atoms with E-state index in [-0.39, 0.29) is 11.6 Å². The molecule has 0 radical (unpaired) electrons. The Bertz CT molecular complexity index is 274. The van der Waals surface area contributed by atoms with Gasteiger partial charge in [0.15, 0.2) is 0 Å². The molecule has 0 aromatic rings. The van der Waals surface area contributed by atoms with Crippen molar-refractivity contribution in [3.63, 3.8) is 0 Å². The van der Waals surface area contributed by atoms with Gasteiger partial charge in [-0.2, -0.15) is 0 Å². The molecule has 3 N–H and O–H groups in total. The van der Waals surface area contributed by atoms with Gasteiger partial charge < -0.3 is 5.73 Å². The van der Waals surface area contributed by atoms with Crippen molar-refractivity contribution in [3.05, 3.63) is 0 Å². The van der Waals surface area contributed by atoms with E-state index in [1.54, 1.807) is 0 Å². The predicted octanol–water partition coefficient (Wildman–Crippen LogP) is 0.374. The molecule has 0 aliphatic heterocycles. The zero-order valence-electron chi connectivity index (χ0n) is 8.78. The number of hydrogen-bond acceptors (Lipinski definition) is 3. The van der Waals surface area contributed by atoms with Crippen molar-refractivity contribution in [1.82, 2.24) is 4.31 Å². The molecule has 0 atom stereocenters. The third-order valence-corrected chi connectivity index (χ3v) is 3.86. The van der Waals surface area contributed by atoms with E-state index in [9.17, 15) is 8.42 Å². The monoisotopic (exact) mass is 221 g/mol. The average Bonchev–Trinajstić information content (AvgIpc) is 2.10. The molecule has 0 unspecified atom stereocenters. The molecular weight excluding hydrogens is 202 g/mol. The zero-order chi connectivity index (χ0) is 11.2. The van der Waals surface area contributed by atoms with Crippen LogP contribution in [0, 0.1) is 5.41 Å². The van der Waals surface area contributed by atoms with Crippen LogP contribution < -0.4 is 5.73 Å². The Hall–Kier alpha value is -0.620. The molecule has 0 bridgehead atoms. The topological polar surface area (TPSA) is 87.2 Å². The number of rotatable bonds is 7. The summed E-state index contributed by atoms with van der Waals surface area (Å²) in [7, 11) is -1.62. The van der Waals surface area contributed by atoms with E-state index in [0.29, 0.717) is 19.4 Å². The van der Waals surface area contributed by atoms with Crippen LogP contribution in [0.4, 0.5) is 0 Å². The third kappa shape index (κ3) is 5.18. The lowest BCUT2D eigenvalue weighted by molar-refractivity contribution is 0.476. The fraction of sp³-hybridized carbons (Fsp3) is 0.875. The third-order valence-electron chi connectivity index (χ3n) is 1.93. The van der Waals surface area contributed by atoms with Crippen LogP contribution >= 0.6 is 0 Å². The minimum absolute atomic E-state index is 0.0162. The van der Waals surface area contributed by atoms with E-state index in [0.717, 1.165) is 6.42 Å². The van der Waals surface area contributed by atoms with E-state index >= 15 is 0 Å². The van der Waals surface area contributed by atoms with Gasteiger partial charge in [-0.05, 0) is 6.42 Å². The summed E-state index contributed by atoms with van der Waals surface area (Å²) in [5, 5.41) is 6.99. The molecule has 5 nitrogen and oxygen atoms in total. The quantitative estimate of drug-likeness (QED) is 0.481. The maximum Gasteiger partial charge on any atom is 0.213 e. The number of sulfonamides is 1. The molecule has 0 saturated heterocycles. The summed E-state index contributed by atoms with van der Waals surface area (Å²) in [6, 6.07) is 0. The maximum atomic E-state index is 11.5. The second-order valence-corrected chi connectivity index (χ2v) is 5.46. The van der Waals surface area contributed by atoms with Crippen LogP contribution in [0.3, 0.4) is 0 Å². The molecule has 14 heavy (non-hydrogen) atoms. The van der Waals surface area contributed by atoms with Crippen LogP contribution in [-0.2, 0) is 10.0 Å². The van der Waals surface area contributed by atoms with Crippen molar-refractivity contribution in [1.29, 1.82) is 5.41 Å². The predicted molar refractivity (Wildman–Crippen MR) is 57.9 cm³/mol. The number of nitrogens with one attached hydrogen (secondary N) is 1. The van der Waals surface area contributed by atoms with E-state index < -0.39 is 10.0 Å². The van der Waals surface area contributed by atoms with Gasteiger partial charge >= 0.3 is 0 Å². The van der Waals surface area contributed by atoms with Crippen molar-refractivity contribution >= 4 is 15.9 Å². The number of nitrogens with zero attached hydrogens (tertiary/aromatic N) is 1. The second-order valence-electron chi connectivity index (χ2n) is 3.27. The van der Waals surface area contributed by atoms with Crippen molar-refractivity contribution in [2.45, 2.75) is 26.2 Å². The highest BCUT2D eigenvalue weighted by Gasteiger charge is 2.16. The molecule has 0 aromatic heterocycles. The van der Waals surface area contributed by atoms with Crippen molar-refractivity contribution in [3.8, 4) is 0 Å². The molecular formula is C8H19N3O2S. The minimum atomic E-state index is -3.14. The number of unbranched alkanes of at least 4 members (excludes halogenated alkanes) is 1. The highest BCUT2D eigenvalue weighted by Crippen LogP contribution is 2.02. The van der Waals surface area contributed by atoms with Crippen LogP contribution in [0.15, 0.2) is 0 Å². The standard InChI is InChI=1S/C8H19N3O2S/c1-3-4-7-14(12,13)11(2)6-5-8(9)10/h3-7H2,1-2H3,(H3,9,10). The van der Waals surface area contributed by atoms with E-state index in [1.807, 2.05) is 6.92 Å². The Kier molecular flexibility index (Phi) is 5.71. The number of amidine groups is 1. The normalized spacial score (nSPS) is 11.9. The minimum Gasteiger partial charge on any atom is -0.388 e. The van der Waals surface area contributed by atoms with Gasteiger partial charge in [-0.15, -0.1) is 0 Å². The Balaban J connectivity index is 4.08. The van der Waals surface area contributed by atoms with Gasteiger partial charge in [0.25, 0.3) is 0 Å².